The molecule has 0 bridgehead atoms. The number of carbonyl (C=O) groups excluding carboxylic acids is 1. The standard InChI is InChI=1S/C32H36F5NO3/c1-18-16-25-24(19(2)27(18)30(3,34)32(35,36)37)12-13-26-31(25,17-20-4-10-23(33)11-5-20)14-15-38(26)28(39)21-6-8-22(9-7-21)29(40)41/h4-5,10-11,16,21-22,26H,6-9,12-15,17H2,1-3H3,(H,40,41)/t21?,22?,26-,30?,31-/m1/s1/i1D3,2D3. The third-order valence-electron chi connectivity index (χ3n) is 9.60. The van der Waals surface area contributed by atoms with Gasteiger partial charge in [-0.3, -0.25) is 9.59 Å². The van der Waals surface area contributed by atoms with Crippen molar-refractivity contribution >= 4 is 11.9 Å². The van der Waals surface area contributed by atoms with E-state index in [0.717, 1.165) is 6.07 Å². The fourth-order valence-electron chi connectivity index (χ4n) is 7.38. The van der Waals surface area contributed by atoms with Crippen molar-refractivity contribution < 1.29 is 44.9 Å². The zero-order valence-corrected chi connectivity index (χ0v) is 22.6. The molecule has 1 heterocycles. The average molecular weight is 584 g/mol. The second kappa shape index (κ2) is 10.4. The van der Waals surface area contributed by atoms with Crippen LogP contribution in [0.2, 0.25) is 0 Å². The predicted octanol–water partition coefficient (Wildman–Crippen LogP) is 7.11. The smallest absolute Gasteiger partial charge is 0.426 e. The van der Waals surface area contributed by atoms with Gasteiger partial charge in [0, 0.05) is 37.7 Å². The monoisotopic (exact) mass is 583 g/mol. The van der Waals surface area contributed by atoms with Crippen molar-refractivity contribution in [3.05, 3.63) is 69.5 Å². The molecule has 1 saturated heterocycles. The summed E-state index contributed by atoms with van der Waals surface area (Å²) < 4.78 is 122. The highest BCUT2D eigenvalue weighted by Gasteiger charge is 2.57. The highest BCUT2D eigenvalue weighted by Crippen LogP contribution is 2.53. The van der Waals surface area contributed by atoms with Crippen LogP contribution in [-0.2, 0) is 33.5 Å². The largest absolute Gasteiger partial charge is 0.481 e. The fraction of sp³-hybridized carbons (Fsp3) is 0.562. The minimum atomic E-state index is -5.64. The average Bonchev–Trinajstić information content (AvgIpc) is 3.34. The number of fused-ring (bicyclic) bond motifs is 3. The lowest BCUT2D eigenvalue weighted by molar-refractivity contribution is -0.229. The highest BCUT2D eigenvalue weighted by molar-refractivity contribution is 5.81. The van der Waals surface area contributed by atoms with Crippen LogP contribution in [0, 0.1) is 31.4 Å². The molecule has 4 nitrogen and oxygen atoms in total. The van der Waals surface area contributed by atoms with Crippen LogP contribution >= 0.6 is 0 Å². The number of benzene rings is 2. The third kappa shape index (κ3) is 4.93. The van der Waals surface area contributed by atoms with Gasteiger partial charge in [0.25, 0.3) is 0 Å². The van der Waals surface area contributed by atoms with Crippen molar-refractivity contribution in [1.82, 2.24) is 4.90 Å². The van der Waals surface area contributed by atoms with Gasteiger partial charge in [0.05, 0.1) is 5.92 Å². The number of amides is 1. The van der Waals surface area contributed by atoms with Gasteiger partial charge >= 0.3 is 12.1 Å². The Hall–Kier alpha value is -2.97. The number of likely N-dealkylation sites (tertiary alicyclic amines) is 1. The van der Waals surface area contributed by atoms with Crippen molar-refractivity contribution in [1.29, 1.82) is 0 Å². The van der Waals surface area contributed by atoms with Gasteiger partial charge < -0.3 is 10.0 Å². The lowest BCUT2D eigenvalue weighted by Gasteiger charge is -2.46. The predicted molar refractivity (Wildman–Crippen MR) is 144 cm³/mol. The summed E-state index contributed by atoms with van der Waals surface area (Å²) in [5.41, 5.74) is -8.34. The Labute approximate surface area is 245 Å². The molecule has 0 spiro atoms. The first-order chi connectivity index (χ1) is 21.6. The molecule has 222 valence electrons. The maximum atomic E-state index is 15.9. The van der Waals surface area contributed by atoms with Gasteiger partial charge in [0.1, 0.15) is 5.82 Å². The summed E-state index contributed by atoms with van der Waals surface area (Å²) in [6, 6.07) is 5.79. The SMILES string of the molecule is [2H]C([2H])([2H])c1cc2c(c(C([2H])([2H])[2H])c1C(C)(F)C(F)(F)F)CC[C@H]1N(C(=O)C3CCC(C(=O)O)CC3)CC[C@@]21Cc1ccc(F)cc1. The second-order valence-corrected chi connectivity index (χ2v) is 11.9. The number of hydrogen-bond acceptors (Lipinski definition) is 2. The minimum Gasteiger partial charge on any atom is -0.481 e. The molecule has 2 aromatic rings. The molecule has 2 aromatic carbocycles. The summed E-state index contributed by atoms with van der Waals surface area (Å²) in [6.45, 7) is -6.38. The molecule has 41 heavy (non-hydrogen) atoms. The van der Waals surface area contributed by atoms with E-state index in [1.54, 1.807) is 4.90 Å². The molecule has 3 atom stereocenters. The van der Waals surface area contributed by atoms with Crippen molar-refractivity contribution in [2.75, 3.05) is 6.54 Å². The normalized spacial score (nSPS) is 30.4. The number of halogens is 5. The topological polar surface area (TPSA) is 57.6 Å². The molecule has 0 aromatic heterocycles. The first-order valence-electron chi connectivity index (χ1n) is 16.8. The van der Waals surface area contributed by atoms with Crippen LogP contribution in [0.4, 0.5) is 22.0 Å². The molecule has 2 fully saturated rings. The molecule has 1 aliphatic heterocycles. The molecule has 3 aliphatic rings. The van der Waals surface area contributed by atoms with Gasteiger partial charge in [0.2, 0.25) is 11.6 Å². The Bertz CT molecular complexity index is 1550. The van der Waals surface area contributed by atoms with E-state index in [1.807, 2.05) is 0 Å². The first kappa shape index (κ1) is 22.6. The van der Waals surface area contributed by atoms with E-state index in [9.17, 15) is 32.3 Å². The summed E-state index contributed by atoms with van der Waals surface area (Å²) in [7, 11) is 0. The third-order valence-corrected chi connectivity index (χ3v) is 9.60. The van der Waals surface area contributed by atoms with E-state index in [4.69, 9.17) is 8.22 Å². The molecule has 9 heteroatoms. The molecule has 5 rings (SSSR count). The van der Waals surface area contributed by atoms with Gasteiger partial charge in [-0.05, 0) is 112 Å². The Morgan fingerprint density at radius 3 is 2.29 bits per heavy atom. The number of nitrogens with zero attached hydrogens (tertiary/aromatic N) is 1. The molecule has 1 unspecified atom stereocenters. The molecule has 0 radical (unpaired) electrons. The van der Waals surface area contributed by atoms with Gasteiger partial charge in [-0.25, -0.2) is 8.78 Å². The van der Waals surface area contributed by atoms with Crippen LogP contribution in [0.25, 0.3) is 0 Å². The zero-order chi connectivity index (χ0) is 34.9. The molecule has 1 amide bonds. The number of carboxylic acid groups (broad SMARTS) is 1. The summed E-state index contributed by atoms with van der Waals surface area (Å²) in [5, 5.41) is 9.40. The maximum absolute atomic E-state index is 15.9. The lowest BCUT2D eigenvalue weighted by Crippen LogP contribution is -2.51. The van der Waals surface area contributed by atoms with Crippen LogP contribution in [0.3, 0.4) is 0 Å². The van der Waals surface area contributed by atoms with Gasteiger partial charge in [-0.2, -0.15) is 13.2 Å². The van der Waals surface area contributed by atoms with Crippen LogP contribution in [0.5, 0.6) is 0 Å². The Morgan fingerprint density at radius 2 is 1.71 bits per heavy atom. The van der Waals surface area contributed by atoms with E-state index in [0.29, 0.717) is 31.2 Å². The lowest BCUT2D eigenvalue weighted by atomic mass is 9.62. The molecular weight excluding hydrogens is 541 g/mol. The Balaban J connectivity index is 1.73. The number of hydrogen-bond donors (Lipinski definition) is 1. The number of carboxylic acids is 1. The van der Waals surface area contributed by atoms with Crippen molar-refractivity contribution in [2.45, 2.75) is 95.3 Å². The fourth-order valence-corrected chi connectivity index (χ4v) is 7.38. The molecular formula is C32H36F5NO3. The number of alkyl halides is 4. The number of aryl methyl sites for hydroxylation is 1. The maximum Gasteiger partial charge on any atom is 0.426 e. The highest BCUT2D eigenvalue weighted by atomic mass is 19.4. The van der Waals surface area contributed by atoms with Gasteiger partial charge in [-0.15, -0.1) is 0 Å². The number of carbonyl (C=O) groups is 2. The van der Waals surface area contributed by atoms with Crippen molar-refractivity contribution in [3.8, 4) is 0 Å². The summed E-state index contributed by atoms with van der Waals surface area (Å²) >= 11 is 0. The van der Waals surface area contributed by atoms with Crippen LogP contribution in [0.1, 0.15) is 87.1 Å². The zero-order valence-electron chi connectivity index (χ0n) is 28.6. The van der Waals surface area contributed by atoms with Crippen molar-refractivity contribution in [2.24, 2.45) is 11.8 Å². The number of aliphatic carboxylic acids is 1. The summed E-state index contributed by atoms with van der Waals surface area (Å²) in [4.78, 5) is 27.1. The minimum absolute atomic E-state index is 0.0763. The van der Waals surface area contributed by atoms with E-state index >= 15 is 4.39 Å². The summed E-state index contributed by atoms with van der Waals surface area (Å²) in [5.74, 6) is -2.70. The van der Waals surface area contributed by atoms with E-state index < -0.39 is 77.3 Å². The Kier molecular flexibility index (Phi) is 5.73. The Morgan fingerprint density at radius 1 is 1.05 bits per heavy atom. The first-order valence-corrected chi connectivity index (χ1v) is 13.8. The van der Waals surface area contributed by atoms with Crippen LogP contribution < -0.4 is 0 Å². The van der Waals surface area contributed by atoms with Crippen molar-refractivity contribution in [3.63, 3.8) is 0 Å². The molecule has 1 N–H and O–H groups in total. The summed E-state index contributed by atoms with van der Waals surface area (Å²) in [6.07, 6.45) is -4.08. The van der Waals surface area contributed by atoms with Gasteiger partial charge in [0.15, 0.2) is 0 Å². The van der Waals surface area contributed by atoms with E-state index in [-0.39, 0.29) is 56.2 Å². The van der Waals surface area contributed by atoms with Crippen LogP contribution in [0.15, 0.2) is 30.3 Å². The van der Waals surface area contributed by atoms with E-state index in [1.165, 1.54) is 24.3 Å². The quantitative estimate of drug-likeness (QED) is 0.382. The van der Waals surface area contributed by atoms with E-state index in [2.05, 4.69) is 0 Å². The molecule has 2 aliphatic carbocycles. The van der Waals surface area contributed by atoms with Crippen LogP contribution in [-0.4, -0.2) is 40.6 Å². The second-order valence-electron chi connectivity index (χ2n) is 11.9. The number of rotatable bonds is 5. The van der Waals surface area contributed by atoms with Gasteiger partial charge in [-0.1, -0.05) is 18.2 Å². The molecule has 1 saturated carbocycles.